The lowest BCUT2D eigenvalue weighted by molar-refractivity contribution is -0.124. The van der Waals surface area contributed by atoms with Crippen LogP contribution in [0.4, 0.5) is 5.69 Å². The van der Waals surface area contributed by atoms with Crippen LogP contribution in [0.15, 0.2) is 56.7 Å². The molecule has 0 spiro atoms. The Morgan fingerprint density at radius 3 is 2.55 bits per heavy atom. The molecule has 2 N–H and O–H groups in total. The minimum absolute atomic E-state index is 0.0534. The van der Waals surface area contributed by atoms with Crippen molar-refractivity contribution in [2.75, 3.05) is 5.32 Å². The summed E-state index contributed by atoms with van der Waals surface area (Å²) in [4.78, 5) is 23.2. The van der Waals surface area contributed by atoms with Crippen LogP contribution < -0.4 is 10.7 Å². The number of nitrogens with one attached hydrogen (secondary N) is 2. The van der Waals surface area contributed by atoms with Crippen LogP contribution in [-0.2, 0) is 9.59 Å². The summed E-state index contributed by atoms with van der Waals surface area (Å²) in [5.41, 5.74) is 3.02. The van der Waals surface area contributed by atoms with Crippen molar-refractivity contribution in [2.24, 2.45) is 5.10 Å². The van der Waals surface area contributed by atoms with Gasteiger partial charge in [0.25, 0.3) is 0 Å². The van der Waals surface area contributed by atoms with Gasteiger partial charge < -0.3 is 9.73 Å². The summed E-state index contributed by atoms with van der Waals surface area (Å²) < 4.78 is 5.95. The molecule has 0 saturated carbocycles. The number of hydrogen-bond donors (Lipinski definition) is 2. The minimum atomic E-state index is -0.339. The van der Waals surface area contributed by atoms with E-state index in [1.165, 1.54) is 12.5 Å². The van der Waals surface area contributed by atoms with Gasteiger partial charge in [-0.1, -0.05) is 15.9 Å². The summed E-state index contributed by atoms with van der Waals surface area (Å²) in [5, 5.41) is 6.44. The average molecular weight is 364 g/mol. The van der Waals surface area contributed by atoms with E-state index in [2.05, 4.69) is 31.8 Å². The maximum Gasteiger partial charge on any atom is 0.240 e. The molecule has 0 bridgehead atoms. The molecule has 1 aromatic heterocycles. The van der Waals surface area contributed by atoms with E-state index in [-0.39, 0.29) is 24.7 Å². The predicted octanol–water partition coefficient (Wildman–Crippen LogP) is 2.91. The van der Waals surface area contributed by atoms with Crippen LogP contribution in [0, 0.1) is 0 Å². The lowest BCUT2D eigenvalue weighted by Gasteiger charge is -2.04. The smallest absolute Gasteiger partial charge is 0.240 e. The Bertz CT molecular complexity index is 651. The molecule has 7 heteroatoms. The highest BCUT2D eigenvalue weighted by Gasteiger charge is 2.06. The highest BCUT2D eigenvalue weighted by molar-refractivity contribution is 9.10. The zero-order chi connectivity index (χ0) is 15.8. The minimum Gasteiger partial charge on any atom is -0.463 e. The van der Waals surface area contributed by atoms with Gasteiger partial charge in [-0.3, -0.25) is 9.59 Å². The number of hydrogen-bond acceptors (Lipinski definition) is 4. The lowest BCUT2D eigenvalue weighted by Crippen LogP contribution is -2.20. The number of rotatable bonds is 6. The molecule has 0 fully saturated rings. The van der Waals surface area contributed by atoms with Crippen molar-refractivity contribution in [1.29, 1.82) is 0 Å². The van der Waals surface area contributed by atoms with Crippen LogP contribution >= 0.6 is 15.9 Å². The molecule has 22 heavy (non-hydrogen) atoms. The van der Waals surface area contributed by atoms with Gasteiger partial charge in [0.1, 0.15) is 5.76 Å². The molecule has 2 rings (SSSR count). The lowest BCUT2D eigenvalue weighted by atomic mass is 10.2. The maximum absolute atomic E-state index is 11.7. The second-order valence-electron chi connectivity index (χ2n) is 4.36. The Morgan fingerprint density at radius 2 is 1.86 bits per heavy atom. The quantitative estimate of drug-likeness (QED) is 0.611. The van der Waals surface area contributed by atoms with E-state index in [4.69, 9.17) is 4.42 Å². The van der Waals surface area contributed by atoms with E-state index in [0.717, 1.165) is 4.47 Å². The standard InChI is InChI=1S/C15H14BrN3O3/c16-11-3-5-12(6-4-11)18-14(20)7-8-15(21)19-17-10-13-2-1-9-22-13/h1-6,9-10H,7-8H2,(H,18,20)(H,19,21)/b17-10-. The predicted molar refractivity (Wildman–Crippen MR) is 86.5 cm³/mol. The van der Waals surface area contributed by atoms with Crippen molar-refractivity contribution in [3.63, 3.8) is 0 Å². The summed E-state index contributed by atoms with van der Waals surface area (Å²) in [6.07, 6.45) is 3.03. The monoisotopic (exact) mass is 363 g/mol. The van der Waals surface area contributed by atoms with Crippen molar-refractivity contribution in [1.82, 2.24) is 5.43 Å². The Kier molecular flexibility index (Phi) is 5.91. The van der Waals surface area contributed by atoms with Gasteiger partial charge in [-0.25, -0.2) is 5.43 Å². The highest BCUT2D eigenvalue weighted by atomic mass is 79.9. The van der Waals surface area contributed by atoms with Crippen LogP contribution in [0.1, 0.15) is 18.6 Å². The fourth-order valence-electron chi connectivity index (χ4n) is 1.57. The Hall–Kier alpha value is -2.41. The summed E-state index contributed by atoms with van der Waals surface area (Å²) in [6.45, 7) is 0. The summed E-state index contributed by atoms with van der Waals surface area (Å²) >= 11 is 3.31. The fraction of sp³-hybridized carbons (Fsp3) is 0.133. The number of furan rings is 1. The number of benzene rings is 1. The summed E-state index contributed by atoms with van der Waals surface area (Å²) in [6, 6.07) is 10.6. The van der Waals surface area contributed by atoms with Crippen LogP contribution in [0.25, 0.3) is 0 Å². The molecule has 0 aliphatic heterocycles. The first-order valence-electron chi connectivity index (χ1n) is 6.54. The van der Waals surface area contributed by atoms with E-state index in [1.807, 2.05) is 12.1 Å². The fourth-order valence-corrected chi connectivity index (χ4v) is 1.84. The van der Waals surface area contributed by atoms with Crippen molar-refractivity contribution in [3.05, 3.63) is 52.9 Å². The van der Waals surface area contributed by atoms with Gasteiger partial charge >= 0.3 is 0 Å². The number of hydrazone groups is 1. The molecule has 0 radical (unpaired) electrons. The molecule has 1 aromatic carbocycles. The molecule has 114 valence electrons. The molecule has 0 saturated heterocycles. The third kappa shape index (κ3) is 5.53. The number of carbonyl (C=O) groups excluding carboxylic acids is 2. The molecule has 0 aliphatic rings. The van der Waals surface area contributed by atoms with Gasteiger partial charge in [0.2, 0.25) is 11.8 Å². The molecule has 1 heterocycles. The first kappa shape index (κ1) is 16.0. The largest absolute Gasteiger partial charge is 0.463 e. The first-order valence-corrected chi connectivity index (χ1v) is 7.33. The van der Waals surface area contributed by atoms with Crippen LogP contribution in [0.5, 0.6) is 0 Å². The van der Waals surface area contributed by atoms with Crippen molar-refractivity contribution >= 4 is 39.6 Å². The summed E-state index contributed by atoms with van der Waals surface area (Å²) in [5.74, 6) is -0.0328. The third-order valence-electron chi connectivity index (χ3n) is 2.63. The molecule has 6 nitrogen and oxygen atoms in total. The van der Waals surface area contributed by atoms with E-state index in [1.54, 1.807) is 24.3 Å². The molecule has 0 aliphatic carbocycles. The van der Waals surface area contributed by atoms with E-state index in [0.29, 0.717) is 11.4 Å². The van der Waals surface area contributed by atoms with Crippen LogP contribution in [0.3, 0.4) is 0 Å². The van der Waals surface area contributed by atoms with E-state index in [9.17, 15) is 9.59 Å². The highest BCUT2D eigenvalue weighted by Crippen LogP contribution is 2.14. The molecule has 0 unspecified atom stereocenters. The molecule has 0 atom stereocenters. The maximum atomic E-state index is 11.7. The number of amides is 2. The topological polar surface area (TPSA) is 83.7 Å². The van der Waals surface area contributed by atoms with Gasteiger partial charge in [0.15, 0.2) is 0 Å². The normalized spacial score (nSPS) is 10.6. The second kappa shape index (κ2) is 8.14. The van der Waals surface area contributed by atoms with E-state index < -0.39 is 0 Å². The number of halogens is 1. The zero-order valence-electron chi connectivity index (χ0n) is 11.6. The Labute approximate surface area is 135 Å². The van der Waals surface area contributed by atoms with Crippen LogP contribution in [0.2, 0.25) is 0 Å². The number of carbonyl (C=O) groups is 2. The molecule has 2 amide bonds. The van der Waals surface area contributed by atoms with Gasteiger partial charge in [-0.05, 0) is 36.4 Å². The molecular formula is C15H14BrN3O3. The van der Waals surface area contributed by atoms with Crippen LogP contribution in [-0.4, -0.2) is 18.0 Å². The Morgan fingerprint density at radius 1 is 1.14 bits per heavy atom. The second-order valence-corrected chi connectivity index (χ2v) is 5.28. The van der Waals surface area contributed by atoms with Crippen molar-refractivity contribution in [2.45, 2.75) is 12.8 Å². The molecular weight excluding hydrogens is 350 g/mol. The zero-order valence-corrected chi connectivity index (χ0v) is 13.2. The van der Waals surface area contributed by atoms with Gasteiger partial charge in [-0.2, -0.15) is 5.10 Å². The number of anilines is 1. The van der Waals surface area contributed by atoms with Crippen molar-refractivity contribution < 1.29 is 14.0 Å². The SMILES string of the molecule is O=C(CCC(=O)Nc1ccc(Br)cc1)N/N=C\c1ccco1. The third-order valence-corrected chi connectivity index (χ3v) is 3.16. The van der Waals surface area contributed by atoms with Gasteiger partial charge in [0, 0.05) is 23.0 Å². The Balaban J connectivity index is 1.69. The number of nitrogens with zero attached hydrogens (tertiary/aromatic N) is 1. The average Bonchev–Trinajstić information content (AvgIpc) is 3.01. The van der Waals surface area contributed by atoms with Gasteiger partial charge in [0.05, 0.1) is 12.5 Å². The summed E-state index contributed by atoms with van der Waals surface area (Å²) in [7, 11) is 0. The van der Waals surface area contributed by atoms with Crippen molar-refractivity contribution in [3.8, 4) is 0 Å². The molecule has 2 aromatic rings. The van der Waals surface area contributed by atoms with Gasteiger partial charge in [-0.15, -0.1) is 0 Å². The first-order chi connectivity index (χ1) is 10.6. The van der Waals surface area contributed by atoms with E-state index >= 15 is 0 Å².